The molecule has 0 heterocycles. The third-order valence-electron chi connectivity index (χ3n) is 2.92. The van der Waals surface area contributed by atoms with Crippen molar-refractivity contribution in [3.05, 3.63) is 36.4 Å². The highest BCUT2D eigenvalue weighted by Gasteiger charge is 2.22. The van der Waals surface area contributed by atoms with Crippen LogP contribution in [0, 0.1) is 0 Å². The number of rotatable bonds is 8. The molecule has 7 heteroatoms. The minimum Gasteiger partial charge on any atom is -0.478 e. The predicted octanol–water partition coefficient (Wildman–Crippen LogP) is 2.06. The molecule has 0 amide bonds. The van der Waals surface area contributed by atoms with E-state index in [4.69, 9.17) is 5.11 Å². The van der Waals surface area contributed by atoms with Crippen LogP contribution >= 0.6 is 0 Å². The Labute approximate surface area is 124 Å². The van der Waals surface area contributed by atoms with Crippen LogP contribution in [0.25, 0.3) is 0 Å². The molecule has 0 spiro atoms. The molecule has 116 valence electrons. The van der Waals surface area contributed by atoms with Crippen LogP contribution in [0.2, 0.25) is 0 Å². The second-order valence-electron chi connectivity index (χ2n) is 4.62. The summed E-state index contributed by atoms with van der Waals surface area (Å²) in [6.07, 6.45) is 2.22. The molecule has 0 saturated heterocycles. The van der Waals surface area contributed by atoms with Crippen LogP contribution < -0.4 is 10.0 Å². The largest absolute Gasteiger partial charge is 0.478 e. The number of aromatic carboxylic acids is 1. The SMILES string of the molecule is C=CCNc1ccc(C(=O)O)cc1S(=O)(=O)NC(C)CC. The van der Waals surface area contributed by atoms with Crippen molar-refractivity contribution in [3.8, 4) is 0 Å². The fourth-order valence-electron chi connectivity index (χ4n) is 1.62. The maximum atomic E-state index is 12.4. The molecule has 0 bridgehead atoms. The van der Waals surface area contributed by atoms with Crippen LogP contribution in [0.5, 0.6) is 0 Å². The van der Waals surface area contributed by atoms with Crippen LogP contribution in [0.1, 0.15) is 30.6 Å². The van der Waals surface area contributed by atoms with Gasteiger partial charge in [-0.3, -0.25) is 0 Å². The van der Waals surface area contributed by atoms with Gasteiger partial charge in [0.05, 0.1) is 11.3 Å². The highest BCUT2D eigenvalue weighted by atomic mass is 32.2. The normalized spacial score (nSPS) is 12.7. The van der Waals surface area contributed by atoms with E-state index in [0.29, 0.717) is 18.7 Å². The summed E-state index contributed by atoms with van der Waals surface area (Å²) < 4.78 is 27.3. The van der Waals surface area contributed by atoms with Gasteiger partial charge in [0.2, 0.25) is 10.0 Å². The number of hydrogen-bond donors (Lipinski definition) is 3. The third kappa shape index (κ3) is 4.57. The summed E-state index contributed by atoms with van der Waals surface area (Å²) >= 11 is 0. The van der Waals surface area contributed by atoms with Gasteiger partial charge in [0.15, 0.2) is 0 Å². The standard InChI is InChI=1S/C14H20N2O4S/c1-4-8-15-12-7-6-11(14(17)18)9-13(12)21(19,20)16-10(3)5-2/h4,6-7,9-10,15-16H,1,5,8H2,2-3H3,(H,17,18). The van der Waals surface area contributed by atoms with Crippen molar-refractivity contribution in [1.82, 2.24) is 4.72 Å². The highest BCUT2D eigenvalue weighted by molar-refractivity contribution is 7.89. The van der Waals surface area contributed by atoms with Gasteiger partial charge >= 0.3 is 5.97 Å². The fraction of sp³-hybridized carbons (Fsp3) is 0.357. The molecule has 1 rings (SSSR count). The number of anilines is 1. The molecule has 0 fully saturated rings. The van der Waals surface area contributed by atoms with E-state index >= 15 is 0 Å². The topological polar surface area (TPSA) is 95.5 Å². The quantitative estimate of drug-likeness (QED) is 0.639. The van der Waals surface area contributed by atoms with E-state index in [0.717, 1.165) is 6.07 Å². The average Bonchev–Trinajstić information content (AvgIpc) is 2.44. The molecule has 0 saturated carbocycles. The van der Waals surface area contributed by atoms with Crippen LogP contribution in [-0.4, -0.2) is 32.1 Å². The van der Waals surface area contributed by atoms with E-state index in [2.05, 4.69) is 16.6 Å². The molecule has 1 atom stereocenters. The zero-order chi connectivity index (χ0) is 16.0. The number of sulfonamides is 1. The van der Waals surface area contributed by atoms with Crippen molar-refractivity contribution in [3.63, 3.8) is 0 Å². The maximum Gasteiger partial charge on any atom is 0.335 e. The summed E-state index contributed by atoms with van der Waals surface area (Å²) in [5.41, 5.74) is 0.263. The van der Waals surface area contributed by atoms with E-state index in [1.807, 2.05) is 6.92 Å². The average molecular weight is 312 g/mol. The second-order valence-corrected chi connectivity index (χ2v) is 6.30. The van der Waals surface area contributed by atoms with Gasteiger partial charge in [-0.15, -0.1) is 6.58 Å². The minimum absolute atomic E-state index is 0.0791. The number of hydrogen-bond acceptors (Lipinski definition) is 4. The Bertz CT molecular complexity index is 626. The lowest BCUT2D eigenvalue weighted by molar-refractivity contribution is 0.0696. The highest BCUT2D eigenvalue weighted by Crippen LogP contribution is 2.23. The maximum absolute atomic E-state index is 12.4. The van der Waals surface area contributed by atoms with E-state index in [1.54, 1.807) is 13.0 Å². The van der Waals surface area contributed by atoms with E-state index in [1.165, 1.54) is 12.1 Å². The van der Waals surface area contributed by atoms with Crippen molar-refractivity contribution in [2.24, 2.45) is 0 Å². The number of nitrogens with one attached hydrogen (secondary N) is 2. The van der Waals surface area contributed by atoms with Gasteiger partial charge in [-0.05, 0) is 31.5 Å². The minimum atomic E-state index is -3.80. The van der Waals surface area contributed by atoms with Gasteiger partial charge in [0.1, 0.15) is 4.90 Å². The summed E-state index contributed by atoms with van der Waals surface area (Å²) in [5, 5.41) is 11.9. The van der Waals surface area contributed by atoms with Crippen molar-refractivity contribution >= 4 is 21.7 Å². The molecule has 3 N–H and O–H groups in total. The first-order chi connectivity index (χ1) is 9.81. The predicted molar refractivity (Wildman–Crippen MR) is 82.2 cm³/mol. The second kappa shape index (κ2) is 7.24. The molecule has 0 aliphatic carbocycles. The summed E-state index contributed by atoms with van der Waals surface area (Å²) in [6, 6.07) is 3.71. The summed E-state index contributed by atoms with van der Waals surface area (Å²) in [7, 11) is -3.80. The van der Waals surface area contributed by atoms with Gasteiger partial charge < -0.3 is 10.4 Å². The zero-order valence-corrected chi connectivity index (χ0v) is 12.9. The van der Waals surface area contributed by atoms with Gasteiger partial charge in [-0.2, -0.15) is 0 Å². The fourth-order valence-corrected chi connectivity index (χ4v) is 3.15. The van der Waals surface area contributed by atoms with Crippen molar-refractivity contribution < 1.29 is 18.3 Å². The molecule has 0 radical (unpaired) electrons. The van der Waals surface area contributed by atoms with E-state index < -0.39 is 16.0 Å². The van der Waals surface area contributed by atoms with Crippen LogP contribution in [-0.2, 0) is 10.0 Å². The Morgan fingerprint density at radius 1 is 1.48 bits per heavy atom. The van der Waals surface area contributed by atoms with Crippen molar-refractivity contribution in [2.45, 2.75) is 31.2 Å². The summed E-state index contributed by atoms with van der Waals surface area (Å²) in [4.78, 5) is 11.0. The summed E-state index contributed by atoms with van der Waals surface area (Å²) in [5.74, 6) is -1.18. The van der Waals surface area contributed by atoms with Crippen LogP contribution in [0.3, 0.4) is 0 Å². The van der Waals surface area contributed by atoms with Crippen molar-refractivity contribution in [2.75, 3.05) is 11.9 Å². The monoisotopic (exact) mass is 312 g/mol. The van der Waals surface area contributed by atoms with Gasteiger partial charge in [0, 0.05) is 12.6 Å². The first-order valence-electron chi connectivity index (χ1n) is 6.56. The third-order valence-corrected chi connectivity index (χ3v) is 4.55. The molecule has 1 aromatic carbocycles. The molecule has 0 aliphatic rings. The molecule has 0 aromatic heterocycles. The van der Waals surface area contributed by atoms with Gasteiger partial charge in [0.25, 0.3) is 0 Å². The van der Waals surface area contributed by atoms with Gasteiger partial charge in [-0.1, -0.05) is 13.0 Å². The Balaban J connectivity index is 3.30. The smallest absolute Gasteiger partial charge is 0.335 e. The number of carbonyl (C=O) groups is 1. The lowest BCUT2D eigenvalue weighted by Crippen LogP contribution is -2.32. The Hall–Kier alpha value is -1.86. The molecule has 21 heavy (non-hydrogen) atoms. The summed E-state index contributed by atoms with van der Waals surface area (Å²) in [6.45, 7) is 7.53. The van der Waals surface area contributed by atoms with E-state index in [-0.39, 0.29) is 16.5 Å². The first kappa shape index (κ1) is 17.2. The molecule has 6 nitrogen and oxygen atoms in total. The molecule has 0 aliphatic heterocycles. The lowest BCUT2D eigenvalue weighted by atomic mass is 10.2. The first-order valence-corrected chi connectivity index (χ1v) is 8.04. The molecular formula is C14H20N2O4S. The zero-order valence-electron chi connectivity index (χ0n) is 12.1. The number of carboxylic acid groups (broad SMARTS) is 1. The molecular weight excluding hydrogens is 292 g/mol. The Morgan fingerprint density at radius 2 is 2.14 bits per heavy atom. The Kier molecular flexibility index (Phi) is 5.92. The Morgan fingerprint density at radius 3 is 2.67 bits per heavy atom. The van der Waals surface area contributed by atoms with E-state index in [9.17, 15) is 13.2 Å². The number of carboxylic acids is 1. The molecule has 1 aromatic rings. The number of benzene rings is 1. The van der Waals surface area contributed by atoms with Gasteiger partial charge in [-0.25, -0.2) is 17.9 Å². The molecule has 1 unspecified atom stereocenters. The lowest BCUT2D eigenvalue weighted by Gasteiger charge is -2.16. The van der Waals surface area contributed by atoms with Crippen LogP contribution in [0.4, 0.5) is 5.69 Å². The van der Waals surface area contributed by atoms with Crippen molar-refractivity contribution in [1.29, 1.82) is 0 Å². The van der Waals surface area contributed by atoms with Crippen LogP contribution in [0.15, 0.2) is 35.7 Å².